The van der Waals surface area contributed by atoms with Crippen molar-refractivity contribution in [1.82, 2.24) is 23.9 Å². The average Bonchev–Trinajstić information content (AvgIpc) is 3.60. The molecule has 0 radical (unpaired) electrons. The highest BCUT2D eigenvalue weighted by Crippen LogP contribution is 2.35. The van der Waals surface area contributed by atoms with E-state index in [2.05, 4.69) is 5.16 Å². The number of para-hydroxylation sites is 1. The van der Waals surface area contributed by atoms with Gasteiger partial charge < -0.3 is 9.42 Å². The second kappa shape index (κ2) is 8.62. The van der Waals surface area contributed by atoms with E-state index in [1.807, 2.05) is 18.2 Å². The van der Waals surface area contributed by atoms with Crippen LogP contribution in [-0.4, -0.2) is 64.4 Å². The minimum absolute atomic E-state index is 0.0475. The number of aromatic nitrogens is 3. The molecular formula is C23H27N5O5S. The van der Waals surface area contributed by atoms with Gasteiger partial charge in [-0.2, -0.15) is 4.31 Å². The first kappa shape index (κ1) is 22.7. The van der Waals surface area contributed by atoms with Crippen molar-refractivity contribution in [2.45, 2.75) is 50.5 Å². The molecule has 3 aromatic rings. The molecule has 1 aliphatic carbocycles. The number of piperazine rings is 1. The highest BCUT2D eigenvalue weighted by atomic mass is 32.2. The lowest BCUT2D eigenvalue weighted by Gasteiger charge is -2.34. The van der Waals surface area contributed by atoms with Crippen LogP contribution in [0.3, 0.4) is 0 Å². The molecule has 1 saturated carbocycles. The Morgan fingerprint density at radius 3 is 2.47 bits per heavy atom. The zero-order chi connectivity index (χ0) is 24.0. The molecular weight excluding hydrogens is 458 g/mol. The Bertz CT molecular complexity index is 1400. The molecule has 0 unspecified atom stereocenters. The number of carbonyl (C=O) groups excluding carboxylic acids is 1. The van der Waals surface area contributed by atoms with Crippen LogP contribution >= 0.6 is 0 Å². The van der Waals surface area contributed by atoms with Crippen LogP contribution in [0.1, 0.15) is 42.6 Å². The normalized spacial score (nSPS) is 17.4. The summed E-state index contributed by atoms with van der Waals surface area (Å²) in [6.45, 7) is 4.21. The first-order valence-corrected chi connectivity index (χ1v) is 12.9. The van der Waals surface area contributed by atoms with Crippen molar-refractivity contribution in [2.75, 3.05) is 26.2 Å². The molecule has 11 heteroatoms. The predicted octanol–water partition coefficient (Wildman–Crippen LogP) is 1.80. The molecule has 1 amide bonds. The molecule has 2 fully saturated rings. The second-order valence-electron chi connectivity index (χ2n) is 8.89. The molecule has 180 valence electrons. The van der Waals surface area contributed by atoms with Crippen LogP contribution in [0.15, 0.2) is 38.5 Å². The number of nitrogens with zero attached hydrogens (tertiary/aromatic N) is 5. The maximum atomic E-state index is 13.0. The van der Waals surface area contributed by atoms with Crippen LogP contribution in [0, 0.1) is 13.8 Å². The number of fused-ring (bicyclic) bond motifs is 1. The predicted molar refractivity (Wildman–Crippen MR) is 124 cm³/mol. The Labute approximate surface area is 197 Å². The molecule has 34 heavy (non-hydrogen) atoms. The first-order valence-electron chi connectivity index (χ1n) is 11.5. The number of amides is 1. The summed E-state index contributed by atoms with van der Waals surface area (Å²) in [6.07, 6.45) is 2.48. The SMILES string of the molecule is Cc1noc(C)c1S(=O)(=O)N1CCN(C(=O)CCc2nc3ccccc3c(=O)n2C2CC2)CC1. The lowest BCUT2D eigenvalue weighted by Crippen LogP contribution is -2.50. The van der Waals surface area contributed by atoms with Gasteiger partial charge in [0.2, 0.25) is 15.9 Å². The summed E-state index contributed by atoms with van der Waals surface area (Å²) in [5, 5.41) is 4.34. The van der Waals surface area contributed by atoms with Gasteiger partial charge in [-0.3, -0.25) is 14.2 Å². The van der Waals surface area contributed by atoms with E-state index in [0.717, 1.165) is 12.8 Å². The number of aryl methyl sites for hydroxylation is 3. The third-order valence-corrected chi connectivity index (χ3v) is 8.66. The van der Waals surface area contributed by atoms with Crippen molar-refractivity contribution in [1.29, 1.82) is 0 Å². The van der Waals surface area contributed by atoms with Gasteiger partial charge in [0.1, 0.15) is 16.4 Å². The van der Waals surface area contributed by atoms with Gasteiger partial charge in [0.05, 0.1) is 10.9 Å². The molecule has 2 aromatic heterocycles. The maximum absolute atomic E-state index is 13.0. The third kappa shape index (κ3) is 4.03. The van der Waals surface area contributed by atoms with E-state index in [1.54, 1.807) is 29.4 Å². The number of rotatable bonds is 6. The average molecular weight is 486 g/mol. The van der Waals surface area contributed by atoms with Crippen LogP contribution in [-0.2, 0) is 21.2 Å². The van der Waals surface area contributed by atoms with E-state index in [-0.39, 0.29) is 47.7 Å². The van der Waals surface area contributed by atoms with Crippen molar-refractivity contribution in [3.63, 3.8) is 0 Å². The van der Waals surface area contributed by atoms with Gasteiger partial charge in [-0.25, -0.2) is 13.4 Å². The molecule has 0 spiro atoms. The zero-order valence-corrected chi connectivity index (χ0v) is 20.0. The molecule has 0 bridgehead atoms. The lowest BCUT2D eigenvalue weighted by atomic mass is 10.2. The largest absolute Gasteiger partial charge is 0.360 e. The van der Waals surface area contributed by atoms with Crippen molar-refractivity contribution >= 4 is 26.8 Å². The van der Waals surface area contributed by atoms with Crippen LogP contribution in [0.2, 0.25) is 0 Å². The summed E-state index contributed by atoms with van der Waals surface area (Å²) in [7, 11) is -3.73. The summed E-state index contributed by atoms with van der Waals surface area (Å²) >= 11 is 0. The minimum Gasteiger partial charge on any atom is -0.360 e. The standard InChI is InChI=1S/C23H27N5O5S/c1-15-22(16(2)33-25-15)34(31,32)27-13-11-26(12-14-27)21(29)10-9-20-24-19-6-4-3-5-18(19)23(30)28(20)17-7-8-17/h3-6,17H,7-14H2,1-2H3. The van der Waals surface area contributed by atoms with E-state index in [1.165, 1.54) is 4.31 Å². The fourth-order valence-electron chi connectivity index (χ4n) is 4.60. The fraction of sp³-hybridized carbons (Fsp3) is 0.478. The summed E-state index contributed by atoms with van der Waals surface area (Å²) < 4.78 is 34.2. The van der Waals surface area contributed by atoms with E-state index >= 15 is 0 Å². The topological polar surface area (TPSA) is 119 Å². The summed E-state index contributed by atoms with van der Waals surface area (Å²) in [6, 6.07) is 7.44. The Balaban J connectivity index is 1.26. The molecule has 1 aromatic carbocycles. The smallest absolute Gasteiger partial charge is 0.261 e. The minimum atomic E-state index is -3.73. The first-order chi connectivity index (χ1) is 16.3. The Kier molecular flexibility index (Phi) is 5.76. The van der Waals surface area contributed by atoms with Crippen LogP contribution in [0.25, 0.3) is 10.9 Å². The Hall–Kier alpha value is -3.05. The zero-order valence-electron chi connectivity index (χ0n) is 19.2. The van der Waals surface area contributed by atoms with Gasteiger partial charge in [0, 0.05) is 45.1 Å². The molecule has 5 rings (SSSR count). The quantitative estimate of drug-likeness (QED) is 0.522. The van der Waals surface area contributed by atoms with Gasteiger partial charge in [-0.1, -0.05) is 17.3 Å². The van der Waals surface area contributed by atoms with Crippen LogP contribution in [0.5, 0.6) is 0 Å². The molecule has 10 nitrogen and oxygen atoms in total. The molecule has 1 aliphatic heterocycles. The van der Waals surface area contributed by atoms with Crippen LogP contribution in [0.4, 0.5) is 0 Å². The number of sulfonamides is 1. The Morgan fingerprint density at radius 2 is 1.82 bits per heavy atom. The van der Waals surface area contributed by atoms with E-state index in [9.17, 15) is 18.0 Å². The highest BCUT2D eigenvalue weighted by Gasteiger charge is 2.34. The summed E-state index contributed by atoms with van der Waals surface area (Å²) in [5.74, 6) is 0.832. The monoisotopic (exact) mass is 485 g/mol. The van der Waals surface area contributed by atoms with Crippen molar-refractivity contribution in [3.8, 4) is 0 Å². The van der Waals surface area contributed by atoms with Gasteiger partial charge in [-0.05, 0) is 38.8 Å². The summed E-state index contributed by atoms with van der Waals surface area (Å²) in [5.41, 5.74) is 0.930. The van der Waals surface area contributed by atoms with Gasteiger partial charge in [0.25, 0.3) is 5.56 Å². The lowest BCUT2D eigenvalue weighted by molar-refractivity contribution is -0.132. The Morgan fingerprint density at radius 1 is 1.12 bits per heavy atom. The number of benzene rings is 1. The highest BCUT2D eigenvalue weighted by molar-refractivity contribution is 7.89. The maximum Gasteiger partial charge on any atom is 0.261 e. The second-order valence-corrected chi connectivity index (χ2v) is 10.8. The van der Waals surface area contributed by atoms with E-state index < -0.39 is 10.0 Å². The van der Waals surface area contributed by atoms with E-state index in [0.29, 0.717) is 41.9 Å². The van der Waals surface area contributed by atoms with Gasteiger partial charge >= 0.3 is 0 Å². The van der Waals surface area contributed by atoms with Crippen molar-refractivity contribution in [2.24, 2.45) is 0 Å². The number of hydrogen-bond acceptors (Lipinski definition) is 7. The molecule has 0 atom stereocenters. The number of hydrogen-bond donors (Lipinski definition) is 0. The van der Waals surface area contributed by atoms with Gasteiger partial charge in [-0.15, -0.1) is 0 Å². The van der Waals surface area contributed by atoms with Gasteiger partial charge in [0.15, 0.2) is 5.76 Å². The molecule has 3 heterocycles. The third-order valence-electron chi connectivity index (χ3n) is 6.51. The molecule has 0 N–H and O–H groups in total. The van der Waals surface area contributed by atoms with Crippen molar-refractivity contribution < 1.29 is 17.7 Å². The molecule has 1 saturated heterocycles. The van der Waals surface area contributed by atoms with Crippen molar-refractivity contribution in [3.05, 3.63) is 51.9 Å². The summed E-state index contributed by atoms with van der Waals surface area (Å²) in [4.78, 5) is 32.4. The van der Waals surface area contributed by atoms with E-state index in [4.69, 9.17) is 9.51 Å². The van der Waals surface area contributed by atoms with Crippen LogP contribution < -0.4 is 5.56 Å². The molecule has 2 aliphatic rings. The number of carbonyl (C=O) groups is 1. The fourth-order valence-corrected chi connectivity index (χ4v) is 6.32.